The molecule has 2 N–H and O–H groups in total. The first-order valence-corrected chi connectivity index (χ1v) is 4.43. The van der Waals surface area contributed by atoms with Crippen molar-refractivity contribution in [2.75, 3.05) is 0 Å². The van der Waals surface area contributed by atoms with Crippen molar-refractivity contribution in [3.63, 3.8) is 0 Å². The van der Waals surface area contributed by atoms with E-state index in [1.54, 1.807) is 0 Å². The van der Waals surface area contributed by atoms with Crippen molar-refractivity contribution in [3.05, 3.63) is 11.8 Å². The maximum absolute atomic E-state index is 10.8. The molecule has 0 aromatic carbocycles. The van der Waals surface area contributed by atoms with Gasteiger partial charge in [-0.1, -0.05) is 0 Å². The molecule has 2 aliphatic rings. The van der Waals surface area contributed by atoms with Gasteiger partial charge in [0.1, 0.15) is 0 Å². The first-order valence-electron chi connectivity index (χ1n) is 4.43. The van der Waals surface area contributed by atoms with Gasteiger partial charge < -0.3 is 10.5 Å². The van der Waals surface area contributed by atoms with Crippen LogP contribution in [0.15, 0.2) is 11.8 Å². The summed E-state index contributed by atoms with van der Waals surface area (Å²) in [5.74, 6) is 1.14. The first-order chi connectivity index (χ1) is 5.77. The van der Waals surface area contributed by atoms with Crippen LogP contribution in [0.1, 0.15) is 25.7 Å². The van der Waals surface area contributed by atoms with Crippen LogP contribution in [0.5, 0.6) is 0 Å². The Kier molecular flexibility index (Phi) is 3.20. The van der Waals surface area contributed by atoms with E-state index in [1.807, 2.05) is 0 Å². The third-order valence-corrected chi connectivity index (χ3v) is 2.60. The summed E-state index contributed by atoms with van der Waals surface area (Å²) >= 11 is 0. The van der Waals surface area contributed by atoms with Crippen molar-refractivity contribution in [2.24, 2.45) is 11.7 Å². The highest BCUT2D eigenvalue weighted by atomic mass is 35.5. The smallest absolute Gasteiger partial charge is 0.258 e. The second-order valence-corrected chi connectivity index (χ2v) is 3.48. The van der Waals surface area contributed by atoms with E-state index in [4.69, 9.17) is 10.5 Å². The van der Waals surface area contributed by atoms with Gasteiger partial charge in [0.25, 0.3) is 5.91 Å². The molecule has 0 bridgehead atoms. The lowest BCUT2D eigenvalue weighted by molar-refractivity contribution is -0.125. The third-order valence-electron chi connectivity index (χ3n) is 2.60. The Bertz CT molecular complexity index is 240. The molecule has 1 aliphatic heterocycles. The number of allylic oxidation sites excluding steroid dienone is 2. The van der Waals surface area contributed by atoms with Crippen molar-refractivity contribution >= 4 is 18.3 Å². The van der Waals surface area contributed by atoms with Crippen LogP contribution in [0.4, 0.5) is 0 Å². The molecule has 1 saturated heterocycles. The molecule has 0 saturated carbocycles. The summed E-state index contributed by atoms with van der Waals surface area (Å²) in [5.41, 5.74) is 5.16. The van der Waals surface area contributed by atoms with E-state index >= 15 is 0 Å². The number of nitrogens with two attached hydrogens (primary N) is 1. The van der Waals surface area contributed by atoms with Gasteiger partial charge in [0, 0.05) is 12.3 Å². The van der Waals surface area contributed by atoms with Crippen molar-refractivity contribution in [3.8, 4) is 0 Å². The standard InChI is InChI=1S/C9H13NO2.ClH/c10-9(11)8-5-6-3-1-2-4-7(6)12-8;/h4,6,8H,1-3,5H2,(H2,10,11);1H. The Hall–Kier alpha value is -0.700. The van der Waals surface area contributed by atoms with Gasteiger partial charge in [0.2, 0.25) is 0 Å². The largest absolute Gasteiger partial charge is 0.485 e. The van der Waals surface area contributed by atoms with Crippen molar-refractivity contribution in [2.45, 2.75) is 31.8 Å². The number of ether oxygens (including phenoxy) is 1. The number of carbonyl (C=O) groups is 1. The lowest BCUT2D eigenvalue weighted by Gasteiger charge is -2.13. The molecule has 1 amide bonds. The lowest BCUT2D eigenvalue weighted by atomic mass is 9.92. The van der Waals surface area contributed by atoms with Gasteiger partial charge in [-0.15, -0.1) is 12.4 Å². The predicted molar refractivity (Wildman–Crippen MR) is 51.4 cm³/mol. The summed E-state index contributed by atoms with van der Waals surface area (Å²) < 4.78 is 5.41. The van der Waals surface area contributed by atoms with Gasteiger partial charge in [0.15, 0.2) is 6.10 Å². The van der Waals surface area contributed by atoms with Gasteiger partial charge >= 0.3 is 0 Å². The molecule has 1 aliphatic carbocycles. The Morgan fingerprint density at radius 1 is 1.62 bits per heavy atom. The molecule has 0 aromatic heterocycles. The van der Waals surface area contributed by atoms with Gasteiger partial charge in [-0.25, -0.2) is 0 Å². The average Bonchev–Trinajstić information content (AvgIpc) is 2.46. The minimum atomic E-state index is -0.362. The molecule has 0 spiro atoms. The summed E-state index contributed by atoms with van der Waals surface area (Å²) in [6.45, 7) is 0. The van der Waals surface area contributed by atoms with Gasteiger partial charge in [0.05, 0.1) is 5.76 Å². The van der Waals surface area contributed by atoms with Crippen LogP contribution in [0, 0.1) is 5.92 Å². The number of hydrogen-bond donors (Lipinski definition) is 1. The van der Waals surface area contributed by atoms with Crippen LogP contribution in [-0.2, 0) is 9.53 Å². The van der Waals surface area contributed by atoms with Crippen molar-refractivity contribution in [1.29, 1.82) is 0 Å². The number of carbonyl (C=O) groups excluding carboxylic acids is 1. The van der Waals surface area contributed by atoms with E-state index < -0.39 is 0 Å². The van der Waals surface area contributed by atoms with Gasteiger partial charge in [-0.3, -0.25) is 4.79 Å². The van der Waals surface area contributed by atoms with E-state index in [2.05, 4.69) is 6.08 Å². The summed E-state index contributed by atoms with van der Waals surface area (Å²) in [5, 5.41) is 0. The lowest BCUT2D eigenvalue weighted by Crippen LogP contribution is -2.27. The number of primary amides is 1. The van der Waals surface area contributed by atoms with E-state index in [0.717, 1.165) is 25.0 Å². The maximum atomic E-state index is 10.8. The van der Waals surface area contributed by atoms with Gasteiger partial charge in [-0.2, -0.15) is 0 Å². The number of rotatable bonds is 1. The van der Waals surface area contributed by atoms with Gasteiger partial charge in [-0.05, 0) is 25.3 Å². The number of fused-ring (bicyclic) bond motifs is 1. The molecule has 13 heavy (non-hydrogen) atoms. The number of halogens is 1. The highest BCUT2D eigenvalue weighted by Gasteiger charge is 2.34. The second-order valence-electron chi connectivity index (χ2n) is 3.48. The maximum Gasteiger partial charge on any atom is 0.258 e. The quantitative estimate of drug-likeness (QED) is 0.700. The molecule has 3 nitrogen and oxygen atoms in total. The molecule has 0 aromatic rings. The highest BCUT2D eigenvalue weighted by Crippen LogP contribution is 2.36. The van der Waals surface area contributed by atoms with Crippen LogP contribution in [0.3, 0.4) is 0 Å². The summed E-state index contributed by atoms with van der Waals surface area (Å²) in [4.78, 5) is 10.8. The fraction of sp³-hybridized carbons (Fsp3) is 0.667. The topological polar surface area (TPSA) is 52.3 Å². The summed E-state index contributed by atoms with van der Waals surface area (Å²) in [6, 6.07) is 0. The van der Waals surface area contributed by atoms with Crippen molar-refractivity contribution < 1.29 is 9.53 Å². The fourth-order valence-corrected chi connectivity index (χ4v) is 1.94. The number of amides is 1. The monoisotopic (exact) mass is 203 g/mol. The Morgan fingerprint density at radius 3 is 3.00 bits per heavy atom. The van der Waals surface area contributed by atoms with E-state index in [0.29, 0.717) is 5.92 Å². The Morgan fingerprint density at radius 2 is 2.38 bits per heavy atom. The number of hydrogen-bond acceptors (Lipinski definition) is 2. The molecular weight excluding hydrogens is 190 g/mol. The van der Waals surface area contributed by atoms with Crippen LogP contribution in [0.25, 0.3) is 0 Å². The molecule has 1 fully saturated rings. The third kappa shape index (κ3) is 1.97. The molecular formula is C9H14ClNO2. The van der Waals surface area contributed by atoms with Crippen LogP contribution < -0.4 is 5.73 Å². The van der Waals surface area contributed by atoms with E-state index in [1.165, 1.54) is 6.42 Å². The molecule has 4 heteroatoms. The molecule has 2 atom stereocenters. The van der Waals surface area contributed by atoms with Crippen LogP contribution in [-0.4, -0.2) is 12.0 Å². The SMILES string of the molecule is Cl.NC(=O)C1CC2CCCC=C2O1. The minimum Gasteiger partial charge on any atom is -0.485 e. The van der Waals surface area contributed by atoms with Crippen LogP contribution in [0.2, 0.25) is 0 Å². The molecule has 2 rings (SSSR count). The molecule has 1 heterocycles. The molecule has 74 valence electrons. The van der Waals surface area contributed by atoms with Crippen LogP contribution >= 0.6 is 12.4 Å². The molecule has 0 radical (unpaired) electrons. The minimum absolute atomic E-state index is 0. The zero-order chi connectivity index (χ0) is 8.55. The zero-order valence-electron chi connectivity index (χ0n) is 7.36. The highest BCUT2D eigenvalue weighted by molar-refractivity contribution is 5.85. The zero-order valence-corrected chi connectivity index (χ0v) is 8.18. The second kappa shape index (κ2) is 4.01. The molecule has 2 unspecified atom stereocenters. The van der Waals surface area contributed by atoms with Crippen molar-refractivity contribution in [1.82, 2.24) is 0 Å². The summed E-state index contributed by atoms with van der Waals surface area (Å²) in [6.07, 6.45) is 5.97. The predicted octanol–water partition coefficient (Wildman–Crippen LogP) is 1.37. The Labute approximate surface area is 83.7 Å². The first kappa shape index (κ1) is 10.4. The van der Waals surface area contributed by atoms with E-state index in [-0.39, 0.29) is 24.4 Å². The summed E-state index contributed by atoms with van der Waals surface area (Å²) in [7, 11) is 0. The fourth-order valence-electron chi connectivity index (χ4n) is 1.94. The average molecular weight is 204 g/mol. The van der Waals surface area contributed by atoms with E-state index in [9.17, 15) is 4.79 Å². The Balaban J connectivity index is 0.000000845. The normalized spacial score (nSPS) is 30.9.